The van der Waals surface area contributed by atoms with Crippen LogP contribution in [-0.4, -0.2) is 22.4 Å². The number of halogens is 2. The molecule has 26 heavy (non-hydrogen) atoms. The van der Waals surface area contributed by atoms with Crippen molar-refractivity contribution in [3.8, 4) is 0 Å². The van der Waals surface area contributed by atoms with E-state index in [-0.39, 0.29) is 11.4 Å². The number of hydrogen-bond donors (Lipinski definition) is 1. The molecule has 0 radical (unpaired) electrons. The molecule has 0 unspecified atom stereocenters. The van der Waals surface area contributed by atoms with E-state index in [1.54, 1.807) is 0 Å². The highest BCUT2D eigenvalue weighted by Crippen LogP contribution is 2.21. The smallest absolute Gasteiger partial charge is 0.274 e. The van der Waals surface area contributed by atoms with Gasteiger partial charge < -0.3 is 10.2 Å². The van der Waals surface area contributed by atoms with Crippen molar-refractivity contribution in [2.45, 2.75) is 6.92 Å². The Morgan fingerprint density at radius 2 is 1.85 bits per heavy atom. The van der Waals surface area contributed by atoms with Gasteiger partial charge >= 0.3 is 0 Å². The van der Waals surface area contributed by atoms with Gasteiger partial charge in [-0.1, -0.05) is 18.2 Å². The number of hydrogen-bond acceptors (Lipinski definition) is 4. The average Bonchev–Trinajstić information content (AvgIpc) is 2.66. The summed E-state index contributed by atoms with van der Waals surface area (Å²) in [4.78, 5) is 22.7. The van der Waals surface area contributed by atoms with Crippen LogP contribution in [0.1, 0.15) is 17.4 Å². The van der Waals surface area contributed by atoms with Gasteiger partial charge in [0.05, 0.1) is 0 Å². The van der Waals surface area contributed by atoms with Crippen LogP contribution in [-0.2, 0) is 0 Å². The molecule has 132 valence electrons. The van der Waals surface area contributed by atoms with Gasteiger partial charge in [-0.25, -0.2) is 18.7 Å². The monoisotopic (exact) mass is 354 g/mol. The van der Waals surface area contributed by atoms with E-state index in [2.05, 4.69) is 15.3 Å². The molecular formula is C19H16F2N4O. The van der Waals surface area contributed by atoms with Gasteiger partial charge in [0.1, 0.15) is 5.69 Å². The van der Waals surface area contributed by atoms with Crippen molar-refractivity contribution >= 4 is 23.2 Å². The first kappa shape index (κ1) is 17.5. The van der Waals surface area contributed by atoms with Crippen molar-refractivity contribution in [2.24, 2.45) is 0 Å². The first-order valence-electron chi connectivity index (χ1n) is 8.00. The van der Waals surface area contributed by atoms with Crippen LogP contribution >= 0.6 is 0 Å². The van der Waals surface area contributed by atoms with Gasteiger partial charge in [0.2, 0.25) is 5.95 Å². The minimum Gasteiger partial charge on any atom is -0.321 e. The lowest BCUT2D eigenvalue weighted by molar-refractivity contribution is 0.102. The summed E-state index contributed by atoms with van der Waals surface area (Å²) in [6.45, 7) is 2.56. The maximum Gasteiger partial charge on any atom is 0.274 e. The fourth-order valence-electron chi connectivity index (χ4n) is 2.42. The summed E-state index contributed by atoms with van der Waals surface area (Å²) < 4.78 is 26.3. The second-order valence-electron chi connectivity index (χ2n) is 5.40. The maximum atomic E-state index is 13.3. The molecule has 3 aromatic rings. The van der Waals surface area contributed by atoms with Crippen molar-refractivity contribution in [3.05, 3.63) is 78.1 Å². The zero-order valence-electron chi connectivity index (χ0n) is 14.0. The highest BCUT2D eigenvalue weighted by molar-refractivity contribution is 6.03. The van der Waals surface area contributed by atoms with Crippen molar-refractivity contribution in [1.29, 1.82) is 0 Å². The summed E-state index contributed by atoms with van der Waals surface area (Å²) in [5.41, 5.74) is 1.16. The fourth-order valence-corrected chi connectivity index (χ4v) is 2.42. The summed E-state index contributed by atoms with van der Waals surface area (Å²) in [6.07, 6.45) is 1.48. The largest absolute Gasteiger partial charge is 0.321 e. The molecule has 0 saturated heterocycles. The highest BCUT2D eigenvalue weighted by atomic mass is 19.2. The topological polar surface area (TPSA) is 58.1 Å². The first-order chi connectivity index (χ1) is 12.6. The molecule has 1 heterocycles. The van der Waals surface area contributed by atoms with Crippen LogP contribution in [0.4, 0.5) is 26.1 Å². The Morgan fingerprint density at radius 3 is 2.54 bits per heavy atom. The molecule has 0 saturated carbocycles. The predicted molar refractivity (Wildman–Crippen MR) is 95.5 cm³/mol. The van der Waals surface area contributed by atoms with Gasteiger partial charge in [0.25, 0.3) is 5.91 Å². The van der Waals surface area contributed by atoms with E-state index in [1.165, 1.54) is 18.3 Å². The molecule has 7 heteroatoms. The Kier molecular flexibility index (Phi) is 5.17. The number of anilines is 3. The summed E-state index contributed by atoms with van der Waals surface area (Å²) >= 11 is 0. The molecule has 1 N–H and O–H groups in total. The summed E-state index contributed by atoms with van der Waals surface area (Å²) in [5, 5.41) is 2.50. The van der Waals surface area contributed by atoms with E-state index >= 15 is 0 Å². The van der Waals surface area contributed by atoms with Gasteiger partial charge in [0, 0.05) is 30.2 Å². The third-order valence-corrected chi connectivity index (χ3v) is 3.68. The lowest BCUT2D eigenvalue weighted by Gasteiger charge is -2.21. The lowest BCUT2D eigenvalue weighted by Crippen LogP contribution is -2.21. The van der Waals surface area contributed by atoms with Crippen LogP contribution in [0.15, 0.2) is 60.8 Å². The van der Waals surface area contributed by atoms with E-state index < -0.39 is 17.5 Å². The number of carbonyl (C=O) groups excluding carboxylic acids is 1. The predicted octanol–water partition coefficient (Wildman–Crippen LogP) is 4.17. The molecule has 3 rings (SSSR count). The van der Waals surface area contributed by atoms with Crippen molar-refractivity contribution in [2.75, 3.05) is 16.8 Å². The van der Waals surface area contributed by atoms with Crippen LogP contribution in [0.5, 0.6) is 0 Å². The third kappa shape index (κ3) is 3.83. The van der Waals surface area contributed by atoms with Crippen LogP contribution in [0.2, 0.25) is 0 Å². The number of aromatic nitrogens is 2. The van der Waals surface area contributed by atoms with Crippen LogP contribution in [0, 0.1) is 11.6 Å². The molecular weight excluding hydrogens is 338 g/mol. The maximum absolute atomic E-state index is 13.3. The Labute approximate surface area is 149 Å². The molecule has 1 aromatic heterocycles. The van der Waals surface area contributed by atoms with E-state index in [0.717, 1.165) is 17.8 Å². The third-order valence-electron chi connectivity index (χ3n) is 3.68. The molecule has 0 aliphatic heterocycles. The molecule has 0 bridgehead atoms. The Bertz CT molecular complexity index is 918. The SMILES string of the molecule is CCN(c1ccccc1)c1nccc(C(=O)Nc2ccc(F)c(F)c2)n1. The molecule has 0 fully saturated rings. The standard InChI is InChI=1S/C19H16F2N4O/c1-2-25(14-6-4-3-5-7-14)19-22-11-10-17(24-19)18(26)23-13-8-9-15(20)16(21)12-13/h3-12H,2H2,1H3,(H,23,26). The van der Waals surface area contributed by atoms with E-state index in [4.69, 9.17) is 0 Å². The van der Waals surface area contributed by atoms with Crippen LogP contribution in [0.3, 0.4) is 0 Å². The zero-order valence-corrected chi connectivity index (χ0v) is 14.0. The number of benzene rings is 2. The molecule has 0 spiro atoms. The molecule has 5 nitrogen and oxygen atoms in total. The first-order valence-corrected chi connectivity index (χ1v) is 8.00. The fraction of sp³-hybridized carbons (Fsp3) is 0.105. The number of amides is 1. The summed E-state index contributed by atoms with van der Waals surface area (Å²) in [6, 6.07) is 14.1. The molecule has 2 aromatic carbocycles. The lowest BCUT2D eigenvalue weighted by atomic mass is 10.2. The number of rotatable bonds is 5. The second kappa shape index (κ2) is 7.69. The van der Waals surface area contributed by atoms with Crippen molar-refractivity contribution in [3.63, 3.8) is 0 Å². The van der Waals surface area contributed by atoms with E-state index in [9.17, 15) is 13.6 Å². The van der Waals surface area contributed by atoms with Crippen molar-refractivity contribution in [1.82, 2.24) is 9.97 Å². The number of nitrogens with one attached hydrogen (secondary N) is 1. The molecule has 0 atom stereocenters. The van der Waals surface area contributed by atoms with E-state index in [0.29, 0.717) is 12.5 Å². The number of nitrogens with zero attached hydrogens (tertiary/aromatic N) is 3. The normalized spacial score (nSPS) is 10.4. The molecule has 0 aliphatic carbocycles. The van der Waals surface area contributed by atoms with Crippen molar-refractivity contribution < 1.29 is 13.6 Å². The summed E-state index contributed by atoms with van der Waals surface area (Å²) in [7, 11) is 0. The average molecular weight is 354 g/mol. The minimum absolute atomic E-state index is 0.120. The molecule has 1 amide bonds. The molecule has 0 aliphatic rings. The van der Waals surface area contributed by atoms with Crippen LogP contribution in [0.25, 0.3) is 0 Å². The zero-order chi connectivity index (χ0) is 18.5. The second-order valence-corrected chi connectivity index (χ2v) is 5.40. The van der Waals surface area contributed by atoms with Gasteiger partial charge in [-0.2, -0.15) is 0 Å². The number of para-hydroxylation sites is 1. The Morgan fingerprint density at radius 1 is 1.08 bits per heavy atom. The number of carbonyl (C=O) groups is 1. The Balaban J connectivity index is 1.84. The van der Waals surface area contributed by atoms with Gasteiger partial charge in [0.15, 0.2) is 11.6 Å². The van der Waals surface area contributed by atoms with Gasteiger partial charge in [-0.3, -0.25) is 4.79 Å². The highest BCUT2D eigenvalue weighted by Gasteiger charge is 2.14. The Hall–Kier alpha value is -3.35. The summed E-state index contributed by atoms with van der Waals surface area (Å²) in [5.74, 6) is -2.18. The van der Waals surface area contributed by atoms with Crippen LogP contribution < -0.4 is 10.2 Å². The minimum atomic E-state index is -1.03. The van der Waals surface area contributed by atoms with Gasteiger partial charge in [-0.15, -0.1) is 0 Å². The quantitative estimate of drug-likeness (QED) is 0.747. The van der Waals surface area contributed by atoms with E-state index in [1.807, 2.05) is 42.2 Å². The van der Waals surface area contributed by atoms with Gasteiger partial charge in [-0.05, 0) is 37.3 Å².